The molecule has 0 fully saturated rings. The number of rotatable bonds is 1. The van der Waals surface area contributed by atoms with Crippen molar-refractivity contribution in [2.45, 2.75) is 6.18 Å². The van der Waals surface area contributed by atoms with Crippen molar-refractivity contribution >= 4 is 28.5 Å². The summed E-state index contributed by atoms with van der Waals surface area (Å²) in [7, 11) is 0. The van der Waals surface area contributed by atoms with Gasteiger partial charge in [-0.15, -0.1) is 0 Å². The summed E-state index contributed by atoms with van der Waals surface area (Å²) >= 11 is 1.52. The van der Waals surface area contributed by atoms with Crippen molar-refractivity contribution in [2.24, 2.45) is 5.73 Å². The van der Waals surface area contributed by atoms with Crippen molar-refractivity contribution in [1.82, 2.24) is 0 Å². The van der Waals surface area contributed by atoms with E-state index in [-0.39, 0.29) is 9.13 Å². The number of hydrogen-bond acceptors (Lipinski definition) is 1. The fraction of sp³-hybridized carbons (Fsp3) is 0.125. The highest BCUT2D eigenvalue weighted by Gasteiger charge is 2.32. The Bertz CT molecular complexity index is 375. The number of hydrogen-bond donors (Lipinski definition) is 1. The summed E-state index contributed by atoms with van der Waals surface area (Å²) in [6, 6.07) is 3.03. The van der Waals surface area contributed by atoms with Crippen molar-refractivity contribution in [3.63, 3.8) is 0 Å². The number of halogens is 4. The number of amides is 1. The zero-order valence-corrected chi connectivity index (χ0v) is 8.89. The summed E-state index contributed by atoms with van der Waals surface area (Å²) in [5.41, 5.74) is 4.23. The monoisotopic (exact) mass is 315 g/mol. The van der Waals surface area contributed by atoms with E-state index >= 15 is 0 Å². The number of alkyl halides is 3. The van der Waals surface area contributed by atoms with Gasteiger partial charge >= 0.3 is 6.18 Å². The van der Waals surface area contributed by atoms with Crippen LogP contribution in [0.15, 0.2) is 18.2 Å². The molecular formula is C8H5F3INO. The van der Waals surface area contributed by atoms with E-state index in [0.717, 1.165) is 18.2 Å². The summed E-state index contributed by atoms with van der Waals surface area (Å²) in [5, 5.41) is 0. The molecule has 0 aliphatic carbocycles. The SMILES string of the molecule is NC(=O)c1ccc(C(F)(F)F)c(I)c1. The van der Waals surface area contributed by atoms with Crippen molar-refractivity contribution in [3.8, 4) is 0 Å². The lowest BCUT2D eigenvalue weighted by Crippen LogP contribution is -2.13. The molecule has 0 aliphatic rings. The van der Waals surface area contributed by atoms with Crippen LogP contribution >= 0.6 is 22.6 Å². The van der Waals surface area contributed by atoms with Crippen LogP contribution in [0.5, 0.6) is 0 Å². The molecule has 2 N–H and O–H groups in total. The standard InChI is InChI=1S/C8H5F3INO/c9-8(10,11)5-2-1-4(7(13)14)3-6(5)12/h1-3H,(H2,13,14). The van der Waals surface area contributed by atoms with Crippen LogP contribution in [-0.2, 0) is 6.18 Å². The third-order valence-corrected chi connectivity index (χ3v) is 2.45. The van der Waals surface area contributed by atoms with Crippen LogP contribution in [0.1, 0.15) is 15.9 Å². The minimum absolute atomic E-state index is 0.0357. The van der Waals surface area contributed by atoms with Crippen LogP contribution < -0.4 is 5.73 Å². The predicted octanol–water partition coefficient (Wildman–Crippen LogP) is 2.41. The average Bonchev–Trinajstić information content (AvgIpc) is 2.01. The van der Waals surface area contributed by atoms with E-state index in [2.05, 4.69) is 0 Å². The molecule has 1 aromatic rings. The molecule has 0 bridgehead atoms. The second-order valence-corrected chi connectivity index (χ2v) is 3.72. The van der Waals surface area contributed by atoms with E-state index in [1.807, 2.05) is 0 Å². The molecular weight excluding hydrogens is 310 g/mol. The lowest BCUT2D eigenvalue weighted by Gasteiger charge is -2.09. The number of nitrogens with two attached hydrogens (primary N) is 1. The second kappa shape index (κ2) is 3.76. The van der Waals surface area contributed by atoms with Crippen LogP contribution in [0.2, 0.25) is 0 Å². The molecule has 6 heteroatoms. The number of carbonyl (C=O) groups is 1. The summed E-state index contributed by atoms with van der Waals surface area (Å²) < 4.78 is 36.7. The number of carbonyl (C=O) groups excluding carboxylic acids is 1. The van der Waals surface area contributed by atoms with Crippen LogP contribution in [0, 0.1) is 3.57 Å². The highest BCUT2D eigenvalue weighted by atomic mass is 127. The van der Waals surface area contributed by atoms with Gasteiger partial charge in [0.1, 0.15) is 0 Å². The van der Waals surface area contributed by atoms with E-state index in [9.17, 15) is 18.0 Å². The maximum absolute atomic E-state index is 12.3. The maximum atomic E-state index is 12.3. The third-order valence-electron chi connectivity index (χ3n) is 1.56. The lowest BCUT2D eigenvalue weighted by molar-refractivity contribution is -0.138. The first-order valence-corrected chi connectivity index (χ1v) is 4.57. The number of primary amides is 1. The molecule has 0 aromatic heterocycles. The largest absolute Gasteiger partial charge is 0.417 e. The van der Waals surface area contributed by atoms with Gasteiger partial charge in [-0.3, -0.25) is 4.79 Å². The predicted molar refractivity (Wildman–Crippen MR) is 52.7 cm³/mol. The van der Waals surface area contributed by atoms with Gasteiger partial charge in [0.25, 0.3) is 0 Å². The van der Waals surface area contributed by atoms with Crippen LogP contribution in [0.4, 0.5) is 13.2 Å². The highest BCUT2D eigenvalue weighted by molar-refractivity contribution is 14.1. The maximum Gasteiger partial charge on any atom is 0.417 e. The Morgan fingerprint density at radius 2 is 1.93 bits per heavy atom. The van der Waals surface area contributed by atoms with Gasteiger partial charge in [0.2, 0.25) is 5.91 Å². The van der Waals surface area contributed by atoms with Crippen molar-refractivity contribution in [3.05, 3.63) is 32.9 Å². The molecule has 0 radical (unpaired) electrons. The highest BCUT2D eigenvalue weighted by Crippen LogP contribution is 2.32. The molecule has 1 rings (SSSR count). The lowest BCUT2D eigenvalue weighted by atomic mass is 10.1. The smallest absolute Gasteiger partial charge is 0.366 e. The van der Waals surface area contributed by atoms with E-state index in [0.29, 0.717) is 0 Å². The first kappa shape index (κ1) is 11.3. The number of benzene rings is 1. The Morgan fingerprint density at radius 3 is 2.29 bits per heavy atom. The molecule has 14 heavy (non-hydrogen) atoms. The van der Waals surface area contributed by atoms with E-state index < -0.39 is 17.6 Å². The molecule has 0 saturated heterocycles. The molecule has 1 aromatic carbocycles. The second-order valence-electron chi connectivity index (χ2n) is 2.56. The molecule has 0 spiro atoms. The molecule has 0 aliphatic heterocycles. The minimum atomic E-state index is -4.40. The van der Waals surface area contributed by atoms with E-state index in [4.69, 9.17) is 5.73 Å². The van der Waals surface area contributed by atoms with Crippen molar-refractivity contribution < 1.29 is 18.0 Å². The summed E-state index contributed by atoms with van der Waals surface area (Å²) in [4.78, 5) is 10.7. The van der Waals surface area contributed by atoms with Gasteiger partial charge in [0.05, 0.1) is 5.56 Å². The average molecular weight is 315 g/mol. The first-order chi connectivity index (χ1) is 6.32. The van der Waals surface area contributed by atoms with E-state index in [1.165, 1.54) is 22.6 Å². The van der Waals surface area contributed by atoms with Gasteiger partial charge in [-0.05, 0) is 40.8 Å². The van der Waals surface area contributed by atoms with Gasteiger partial charge in [-0.25, -0.2) is 0 Å². The van der Waals surface area contributed by atoms with Crippen LogP contribution in [0.25, 0.3) is 0 Å². The molecule has 0 atom stereocenters. The quantitative estimate of drug-likeness (QED) is 0.795. The summed E-state index contributed by atoms with van der Waals surface area (Å²) in [5.74, 6) is -0.739. The van der Waals surface area contributed by atoms with Gasteiger partial charge in [0, 0.05) is 9.13 Å². The summed E-state index contributed by atoms with van der Waals surface area (Å²) in [6.07, 6.45) is -4.40. The Labute approximate surface area is 91.4 Å². The summed E-state index contributed by atoms with van der Waals surface area (Å²) in [6.45, 7) is 0. The Hall–Kier alpha value is -0.790. The zero-order valence-electron chi connectivity index (χ0n) is 6.73. The Balaban J connectivity index is 3.21. The normalized spacial score (nSPS) is 11.4. The first-order valence-electron chi connectivity index (χ1n) is 3.49. The zero-order chi connectivity index (χ0) is 10.9. The molecule has 2 nitrogen and oxygen atoms in total. The Kier molecular flexibility index (Phi) is 3.03. The molecule has 0 saturated carbocycles. The van der Waals surface area contributed by atoms with Gasteiger partial charge in [-0.2, -0.15) is 13.2 Å². The van der Waals surface area contributed by atoms with E-state index in [1.54, 1.807) is 0 Å². The van der Waals surface area contributed by atoms with Crippen molar-refractivity contribution in [1.29, 1.82) is 0 Å². The van der Waals surface area contributed by atoms with Crippen LogP contribution in [0.3, 0.4) is 0 Å². The van der Waals surface area contributed by atoms with Gasteiger partial charge < -0.3 is 5.73 Å². The van der Waals surface area contributed by atoms with Crippen molar-refractivity contribution in [2.75, 3.05) is 0 Å². The van der Waals surface area contributed by atoms with Gasteiger partial charge in [-0.1, -0.05) is 0 Å². The molecule has 0 unspecified atom stereocenters. The van der Waals surface area contributed by atoms with Gasteiger partial charge in [0.15, 0.2) is 0 Å². The molecule has 0 heterocycles. The third kappa shape index (κ3) is 2.37. The molecule has 1 amide bonds. The minimum Gasteiger partial charge on any atom is -0.366 e. The molecule has 76 valence electrons. The fourth-order valence-corrected chi connectivity index (χ4v) is 1.72. The van der Waals surface area contributed by atoms with Crippen LogP contribution in [-0.4, -0.2) is 5.91 Å². The fourth-order valence-electron chi connectivity index (χ4n) is 0.898. The topological polar surface area (TPSA) is 43.1 Å². The Morgan fingerprint density at radius 1 is 1.36 bits per heavy atom.